The molecule has 0 radical (unpaired) electrons. The van der Waals surface area contributed by atoms with Crippen molar-refractivity contribution in [2.75, 3.05) is 5.73 Å². The first kappa shape index (κ1) is 21.6. The summed E-state index contributed by atoms with van der Waals surface area (Å²) in [5.41, 5.74) is 6.64. The Hall–Kier alpha value is -3.15. The number of H-pyrrole nitrogens is 1. The van der Waals surface area contributed by atoms with Crippen molar-refractivity contribution in [2.24, 2.45) is 5.14 Å². The number of primary sulfonamides is 1. The molecule has 0 aliphatic carbocycles. The Labute approximate surface area is 177 Å². The van der Waals surface area contributed by atoms with Crippen molar-refractivity contribution in [1.82, 2.24) is 15.3 Å². The molecule has 0 aliphatic heterocycles. The van der Waals surface area contributed by atoms with Crippen molar-refractivity contribution >= 4 is 33.5 Å². The summed E-state index contributed by atoms with van der Waals surface area (Å²) in [5, 5.41) is 7.43. The number of nitrogen functional groups attached to an aromatic ring is 1. The van der Waals surface area contributed by atoms with Crippen LogP contribution in [0.15, 0.2) is 75.5 Å². The standard InChI is InChI=1S/C19H19N5O4S2/c20-15-10-16(25)24-19(23-15)29-17(13-4-2-1-3-5-13)18(26)22-11-12-6-8-14(9-7-12)30(21,27)28/h1-10,17H,11H2,(H,22,26)(H2,21,27,28)(H3,20,23,24,25). The van der Waals surface area contributed by atoms with Crippen LogP contribution in [-0.4, -0.2) is 24.3 Å². The number of hydrogen-bond donors (Lipinski definition) is 4. The Balaban J connectivity index is 1.78. The largest absolute Gasteiger partial charge is 0.383 e. The van der Waals surface area contributed by atoms with Crippen molar-refractivity contribution in [2.45, 2.75) is 21.8 Å². The van der Waals surface area contributed by atoms with Gasteiger partial charge in [0.25, 0.3) is 5.56 Å². The molecule has 0 aliphatic rings. The van der Waals surface area contributed by atoms with Gasteiger partial charge in [-0.2, -0.15) is 0 Å². The highest BCUT2D eigenvalue weighted by Crippen LogP contribution is 2.33. The van der Waals surface area contributed by atoms with Crippen LogP contribution < -0.4 is 21.7 Å². The van der Waals surface area contributed by atoms with Gasteiger partial charge in [-0.3, -0.25) is 9.59 Å². The van der Waals surface area contributed by atoms with E-state index in [0.29, 0.717) is 5.56 Å². The summed E-state index contributed by atoms with van der Waals surface area (Å²) < 4.78 is 22.7. The summed E-state index contributed by atoms with van der Waals surface area (Å²) >= 11 is 1.06. The van der Waals surface area contributed by atoms with Gasteiger partial charge in [-0.15, -0.1) is 0 Å². The van der Waals surface area contributed by atoms with Gasteiger partial charge in [0.1, 0.15) is 11.1 Å². The summed E-state index contributed by atoms with van der Waals surface area (Å²) in [6.07, 6.45) is 0. The zero-order valence-corrected chi connectivity index (χ0v) is 17.2. The third kappa shape index (κ3) is 5.69. The maximum Gasteiger partial charge on any atom is 0.253 e. The Kier molecular flexibility index (Phi) is 6.55. The fraction of sp³-hybridized carbons (Fsp3) is 0.105. The van der Waals surface area contributed by atoms with Gasteiger partial charge in [0.15, 0.2) is 5.16 Å². The Morgan fingerprint density at radius 3 is 2.40 bits per heavy atom. The van der Waals surface area contributed by atoms with Gasteiger partial charge in [-0.05, 0) is 23.3 Å². The number of rotatable bonds is 7. The van der Waals surface area contributed by atoms with Gasteiger partial charge in [0.2, 0.25) is 15.9 Å². The summed E-state index contributed by atoms with van der Waals surface area (Å²) in [6, 6.07) is 16.1. The number of nitrogens with two attached hydrogens (primary N) is 2. The minimum absolute atomic E-state index is 0.00742. The van der Waals surface area contributed by atoms with Gasteiger partial charge in [0.05, 0.1) is 4.90 Å². The van der Waals surface area contributed by atoms with E-state index in [1.54, 1.807) is 36.4 Å². The molecule has 1 amide bonds. The third-order valence-electron chi connectivity index (χ3n) is 4.03. The van der Waals surface area contributed by atoms with Crippen LogP contribution in [0.2, 0.25) is 0 Å². The van der Waals surface area contributed by atoms with E-state index in [2.05, 4.69) is 15.3 Å². The van der Waals surface area contributed by atoms with Gasteiger partial charge < -0.3 is 16.0 Å². The molecule has 3 rings (SSSR count). The highest BCUT2D eigenvalue weighted by Gasteiger charge is 2.23. The molecule has 156 valence electrons. The van der Waals surface area contributed by atoms with Gasteiger partial charge in [0, 0.05) is 12.6 Å². The van der Waals surface area contributed by atoms with Crippen LogP contribution in [-0.2, 0) is 21.4 Å². The second kappa shape index (κ2) is 9.11. The molecule has 0 bridgehead atoms. The van der Waals surface area contributed by atoms with Crippen molar-refractivity contribution in [3.8, 4) is 0 Å². The zero-order chi connectivity index (χ0) is 21.7. The van der Waals surface area contributed by atoms with E-state index in [1.165, 1.54) is 12.1 Å². The topological polar surface area (TPSA) is 161 Å². The Bertz CT molecular complexity index is 1200. The fourth-order valence-electron chi connectivity index (χ4n) is 2.60. The second-order valence-electron chi connectivity index (χ2n) is 6.29. The van der Waals surface area contributed by atoms with E-state index in [-0.39, 0.29) is 28.3 Å². The average Bonchev–Trinajstić information content (AvgIpc) is 2.70. The molecule has 3 aromatic rings. The predicted octanol–water partition coefficient (Wildman–Crippen LogP) is 1.15. The number of carbonyl (C=O) groups is 1. The molecule has 1 aromatic heterocycles. The molecular formula is C19H19N5O4S2. The van der Waals surface area contributed by atoms with E-state index in [9.17, 15) is 18.0 Å². The summed E-state index contributed by atoms with van der Waals surface area (Å²) in [7, 11) is -3.78. The molecule has 6 N–H and O–H groups in total. The minimum atomic E-state index is -3.78. The molecule has 0 saturated carbocycles. The molecule has 0 fully saturated rings. The molecule has 30 heavy (non-hydrogen) atoms. The number of hydrogen-bond acceptors (Lipinski definition) is 7. The van der Waals surface area contributed by atoms with Crippen LogP contribution in [0.25, 0.3) is 0 Å². The van der Waals surface area contributed by atoms with E-state index in [4.69, 9.17) is 10.9 Å². The number of benzene rings is 2. The molecule has 1 unspecified atom stereocenters. The molecule has 0 saturated heterocycles. The maximum absolute atomic E-state index is 12.9. The van der Waals surface area contributed by atoms with Crippen LogP contribution in [0.5, 0.6) is 0 Å². The number of anilines is 1. The number of amides is 1. The number of sulfonamides is 1. The zero-order valence-electron chi connectivity index (χ0n) is 15.6. The number of nitrogens with one attached hydrogen (secondary N) is 2. The molecule has 2 aromatic carbocycles. The van der Waals surface area contributed by atoms with Crippen LogP contribution in [0.4, 0.5) is 5.82 Å². The molecule has 1 heterocycles. The lowest BCUT2D eigenvalue weighted by Gasteiger charge is -2.16. The van der Waals surface area contributed by atoms with Gasteiger partial charge >= 0.3 is 0 Å². The maximum atomic E-state index is 12.9. The molecule has 1 atom stereocenters. The lowest BCUT2D eigenvalue weighted by Crippen LogP contribution is -2.28. The van der Waals surface area contributed by atoms with Crippen LogP contribution in [0.1, 0.15) is 16.4 Å². The smallest absolute Gasteiger partial charge is 0.253 e. The Morgan fingerprint density at radius 1 is 1.13 bits per heavy atom. The second-order valence-corrected chi connectivity index (χ2v) is 8.95. The summed E-state index contributed by atoms with van der Waals surface area (Å²) in [6.45, 7) is 0.175. The van der Waals surface area contributed by atoms with Gasteiger partial charge in [-0.25, -0.2) is 18.5 Å². The van der Waals surface area contributed by atoms with Crippen molar-refractivity contribution < 1.29 is 13.2 Å². The normalized spacial score (nSPS) is 12.3. The minimum Gasteiger partial charge on any atom is -0.383 e. The number of aromatic nitrogens is 2. The van der Waals surface area contributed by atoms with Crippen LogP contribution in [0, 0.1) is 0 Å². The molecule has 9 nitrogen and oxygen atoms in total. The summed E-state index contributed by atoms with van der Waals surface area (Å²) in [5.74, 6) is -0.254. The highest BCUT2D eigenvalue weighted by atomic mass is 32.2. The molecular weight excluding hydrogens is 426 g/mol. The first-order valence-corrected chi connectivity index (χ1v) is 11.1. The van der Waals surface area contributed by atoms with E-state index >= 15 is 0 Å². The number of nitrogens with zero attached hydrogens (tertiary/aromatic N) is 1. The molecule has 0 spiro atoms. The van der Waals surface area contributed by atoms with Crippen LogP contribution in [0.3, 0.4) is 0 Å². The van der Waals surface area contributed by atoms with E-state index < -0.39 is 20.8 Å². The lowest BCUT2D eigenvalue weighted by molar-refractivity contribution is -0.120. The lowest BCUT2D eigenvalue weighted by atomic mass is 10.1. The van der Waals surface area contributed by atoms with Crippen molar-refractivity contribution in [1.29, 1.82) is 0 Å². The quantitative estimate of drug-likeness (QED) is 0.313. The van der Waals surface area contributed by atoms with E-state index in [1.807, 2.05) is 6.07 Å². The van der Waals surface area contributed by atoms with Gasteiger partial charge in [-0.1, -0.05) is 54.2 Å². The Morgan fingerprint density at radius 2 is 1.80 bits per heavy atom. The third-order valence-corrected chi connectivity index (χ3v) is 6.10. The number of thioether (sulfide) groups is 1. The SMILES string of the molecule is Nc1cc(=O)[nH]c(SC(C(=O)NCc2ccc(S(N)(=O)=O)cc2)c2ccccc2)n1. The first-order chi connectivity index (χ1) is 14.2. The number of aromatic amines is 1. The predicted molar refractivity (Wildman–Crippen MR) is 114 cm³/mol. The highest BCUT2D eigenvalue weighted by molar-refractivity contribution is 8.00. The van der Waals surface area contributed by atoms with E-state index in [0.717, 1.165) is 23.4 Å². The monoisotopic (exact) mass is 445 g/mol. The first-order valence-electron chi connectivity index (χ1n) is 8.70. The van der Waals surface area contributed by atoms with Crippen LogP contribution >= 0.6 is 11.8 Å². The fourth-order valence-corrected chi connectivity index (χ4v) is 4.14. The average molecular weight is 446 g/mol. The molecule has 11 heteroatoms. The number of carbonyl (C=O) groups excluding carboxylic acids is 1. The van der Waals surface area contributed by atoms with Crippen molar-refractivity contribution in [3.05, 3.63) is 82.1 Å². The summed E-state index contributed by atoms with van der Waals surface area (Å²) in [4.78, 5) is 31.2. The van der Waals surface area contributed by atoms with Crippen molar-refractivity contribution in [3.63, 3.8) is 0 Å².